The van der Waals surface area contributed by atoms with Crippen LogP contribution in [0.4, 0.5) is 24.5 Å². The molecule has 6 nitrogen and oxygen atoms in total. The summed E-state index contributed by atoms with van der Waals surface area (Å²) in [5.41, 5.74) is 0.218. The lowest BCUT2D eigenvalue weighted by molar-refractivity contribution is -0.137. The molecule has 1 amide bonds. The van der Waals surface area contributed by atoms with Gasteiger partial charge in [-0.1, -0.05) is 30.3 Å². The predicted octanol–water partition coefficient (Wildman–Crippen LogP) is 6.18. The van der Waals surface area contributed by atoms with E-state index in [2.05, 4.69) is 0 Å². The topological polar surface area (TPSA) is 70.1 Å². The van der Waals surface area contributed by atoms with Gasteiger partial charge >= 0.3 is 6.18 Å². The number of anilines is 2. The van der Waals surface area contributed by atoms with Crippen LogP contribution in [0, 0.1) is 0 Å². The van der Waals surface area contributed by atoms with Crippen LogP contribution >= 0.6 is 0 Å². The zero-order valence-corrected chi connectivity index (χ0v) is 21.3. The zero-order chi connectivity index (χ0) is 27.8. The molecule has 3 aromatic carbocycles. The highest BCUT2D eigenvalue weighted by molar-refractivity contribution is 6.51. The minimum Gasteiger partial charge on any atom is -0.507 e. The first-order chi connectivity index (χ1) is 17.9. The normalized spacial score (nSPS) is 17.3. The summed E-state index contributed by atoms with van der Waals surface area (Å²) in [6.45, 7) is 3.68. The van der Waals surface area contributed by atoms with Crippen molar-refractivity contribution >= 4 is 28.8 Å². The van der Waals surface area contributed by atoms with Crippen molar-refractivity contribution in [1.29, 1.82) is 0 Å². The number of amides is 1. The largest absolute Gasteiger partial charge is 0.507 e. The molecule has 9 heteroatoms. The second-order valence-corrected chi connectivity index (χ2v) is 9.40. The van der Waals surface area contributed by atoms with Crippen molar-refractivity contribution in [2.24, 2.45) is 0 Å². The van der Waals surface area contributed by atoms with Gasteiger partial charge in [0.05, 0.1) is 23.3 Å². The third kappa shape index (κ3) is 5.22. The van der Waals surface area contributed by atoms with Crippen molar-refractivity contribution in [3.05, 3.63) is 95.1 Å². The number of alkyl halides is 3. The van der Waals surface area contributed by atoms with Crippen LogP contribution in [0.1, 0.15) is 36.6 Å². The van der Waals surface area contributed by atoms with Gasteiger partial charge in [-0.25, -0.2) is 0 Å². The molecular weight excluding hydrogens is 497 g/mol. The second-order valence-electron chi connectivity index (χ2n) is 9.40. The van der Waals surface area contributed by atoms with Crippen molar-refractivity contribution in [2.75, 3.05) is 23.9 Å². The molecule has 0 spiro atoms. The van der Waals surface area contributed by atoms with Crippen LogP contribution in [0.3, 0.4) is 0 Å². The molecule has 1 heterocycles. The molecule has 198 valence electrons. The summed E-state index contributed by atoms with van der Waals surface area (Å²) in [7, 11) is 3.69. The van der Waals surface area contributed by atoms with Gasteiger partial charge in [0.25, 0.3) is 11.7 Å². The van der Waals surface area contributed by atoms with Crippen LogP contribution in [-0.4, -0.2) is 37.0 Å². The number of ether oxygens (including phenoxy) is 1. The van der Waals surface area contributed by atoms with Gasteiger partial charge in [0.15, 0.2) is 0 Å². The third-order valence-electron chi connectivity index (χ3n) is 6.10. The quantitative estimate of drug-likeness (QED) is 0.237. The number of aliphatic hydroxyl groups excluding tert-OH is 1. The lowest BCUT2D eigenvalue weighted by Crippen LogP contribution is -2.29. The molecule has 0 aliphatic carbocycles. The third-order valence-corrected chi connectivity index (χ3v) is 6.10. The van der Waals surface area contributed by atoms with Crippen LogP contribution in [0.2, 0.25) is 0 Å². The van der Waals surface area contributed by atoms with Gasteiger partial charge in [-0.05, 0) is 61.9 Å². The van der Waals surface area contributed by atoms with E-state index >= 15 is 0 Å². The predicted molar refractivity (Wildman–Crippen MR) is 139 cm³/mol. The minimum atomic E-state index is -4.65. The molecule has 1 unspecified atom stereocenters. The molecule has 0 radical (unpaired) electrons. The lowest BCUT2D eigenvalue weighted by Gasteiger charge is -2.26. The molecule has 1 saturated heterocycles. The lowest BCUT2D eigenvalue weighted by atomic mass is 9.94. The first kappa shape index (κ1) is 26.8. The van der Waals surface area contributed by atoms with Crippen LogP contribution < -0.4 is 14.5 Å². The number of aliphatic hydroxyl groups is 1. The summed E-state index contributed by atoms with van der Waals surface area (Å²) in [6.07, 6.45) is -4.79. The molecule has 3 aromatic rings. The molecule has 1 fully saturated rings. The Hall–Kier alpha value is -4.27. The van der Waals surface area contributed by atoms with Crippen molar-refractivity contribution in [3.63, 3.8) is 0 Å². The number of hydrogen-bond acceptors (Lipinski definition) is 5. The molecule has 0 bridgehead atoms. The molecule has 1 N–H and O–H groups in total. The highest BCUT2D eigenvalue weighted by Gasteiger charge is 2.47. The van der Waals surface area contributed by atoms with E-state index in [0.29, 0.717) is 11.3 Å². The maximum Gasteiger partial charge on any atom is 0.416 e. The number of carbonyl (C=O) groups excluding carboxylic acids is 2. The van der Waals surface area contributed by atoms with Gasteiger partial charge in [0.2, 0.25) is 0 Å². The van der Waals surface area contributed by atoms with E-state index in [-0.39, 0.29) is 22.9 Å². The number of hydrogen-bond donors (Lipinski definition) is 1. The summed E-state index contributed by atoms with van der Waals surface area (Å²) in [4.78, 5) is 29.5. The van der Waals surface area contributed by atoms with Crippen molar-refractivity contribution in [2.45, 2.75) is 32.2 Å². The van der Waals surface area contributed by atoms with E-state index in [0.717, 1.165) is 22.7 Å². The zero-order valence-electron chi connectivity index (χ0n) is 21.3. The molecule has 1 atom stereocenters. The number of Topliss-reactive ketones (excluding diaryl/α,β-unsaturated/α-hetero) is 1. The summed E-state index contributed by atoms with van der Waals surface area (Å²) in [5.74, 6) is -2.05. The fraction of sp³-hybridized carbons (Fsp3) is 0.241. The second kappa shape index (κ2) is 10.2. The summed E-state index contributed by atoms with van der Waals surface area (Å²) >= 11 is 0. The van der Waals surface area contributed by atoms with E-state index < -0.39 is 35.2 Å². The molecule has 4 rings (SSSR count). The molecule has 38 heavy (non-hydrogen) atoms. The number of benzene rings is 3. The monoisotopic (exact) mass is 524 g/mol. The first-order valence-electron chi connectivity index (χ1n) is 11.9. The maximum atomic E-state index is 13.5. The Labute approximate surface area is 218 Å². The van der Waals surface area contributed by atoms with Crippen LogP contribution in [-0.2, 0) is 15.8 Å². The Morgan fingerprint density at radius 2 is 1.63 bits per heavy atom. The Morgan fingerprint density at radius 1 is 0.974 bits per heavy atom. The van der Waals surface area contributed by atoms with Crippen molar-refractivity contribution in [3.8, 4) is 5.75 Å². The first-order valence-corrected chi connectivity index (χ1v) is 11.9. The summed E-state index contributed by atoms with van der Waals surface area (Å²) in [5, 5.41) is 11.3. The summed E-state index contributed by atoms with van der Waals surface area (Å²) in [6, 6.07) is 16.4. The summed E-state index contributed by atoms with van der Waals surface area (Å²) < 4.78 is 46.2. The van der Waals surface area contributed by atoms with E-state index in [1.165, 1.54) is 12.1 Å². The minimum absolute atomic E-state index is 0.112. The number of carbonyl (C=O) groups is 2. The van der Waals surface area contributed by atoms with E-state index in [9.17, 15) is 27.9 Å². The molecule has 0 aromatic heterocycles. The molecule has 1 aliphatic rings. The van der Waals surface area contributed by atoms with Crippen LogP contribution in [0.5, 0.6) is 5.75 Å². The Balaban J connectivity index is 1.92. The number of nitrogens with zero attached hydrogens (tertiary/aromatic N) is 2. The Morgan fingerprint density at radius 3 is 2.24 bits per heavy atom. The Kier molecular flexibility index (Phi) is 7.22. The van der Waals surface area contributed by atoms with Gasteiger partial charge in [0.1, 0.15) is 11.5 Å². The van der Waals surface area contributed by atoms with E-state index in [4.69, 9.17) is 4.74 Å². The van der Waals surface area contributed by atoms with Crippen LogP contribution in [0.15, 0.2) is 78.4 Å². The average molecular weight is 525 g/mol. The van der Waals surface area contributed by atoms with Gasteiger partial charge in [-0.2, -0.15) is 13.2 Å². The standard InChI is InChI=1S/C29H27F3N2O4/c1-17(2)38-23-10-5-7-19(15-23)26(35)24-25(18-11-13-21(14-12-18)33(3)4)34(28(37)27(24)36)22-9-6-8-20(16-22)29(30,31)32/h5-17,25,35H,1-4H3/b26-24+. The van der Waals surface area contributed by atoms with Gasteiger partial charge in [-0.3, -0.25) is 14.5 Å². The molecule has 0 saturated carbocycles. The number of rotatable bonds is 6. The van der Waals surface area contributed by atoms with Gasteiger partial charge in [0, 0.05) is 31.0 Å². The van der Waals surface area contributed by atoms with Gasteiger partial charge in [-0.15, -0.1) is 0 Å². The number of halogens is 3. The number of ketones is 1. The van der Waals surface area contributed by atoms with Crippen LogP contribution in [0.25, 0.3) is 5.76 Å². The van der Waals surface area contributed by atoms with Crippen molar-refractivity contribution in [1.82, 2.24) is 0 Å². The van der Waals surface area contributed by atoms with Gasteiger partial charge < -0.3 is 14.7 Å². The highest BCUT2D eigenvalue weighted by Crippen LogP contribution is 2.44. The molecular formula is C29H27F3N2O4. The van der Waals surface area contributed by atoms with E-state index in [1.807, 2.05) is 32.8 Å². The maximum absolute atomic E-state index is 13.5. The fourth-order valence-electron chi connectivity index (χ4n) is 4.35. The van der Waals surface area contributed by atoms with E-state index in [1.54, 1.807) is 48.5 Å². The highest BCUT2D eigenvalue weighted by atomic mass is 19.4. The fourth-order valence-corrected chi connectivity index (χ4v) is 4.35. The SMILES string of the molecule is CC(C)Oc1cccc(/C(O)=C2\C(=O)C(=O)N(c3cccc(C(F)(F)F)c3)C2c2ccc(N(C)C)cc2)c1. The van der Waals surface area contributed by atoms with Crippen molar-refractivity contribution < 1.29 is 32.6 Å². The Bertz CT molecular complexity index is 1400. The molecule has 1 aliphatic heterocycles. The average Bonchev–Trinajstić information content (AvgIpc) is 3.13. The smallest absolute Gasteiger partial charge is 0.416 e.